The summed E-state index contributed by atoms with van der Waals surface area (Å²) in [7, 11) is 0. The third-order valence-corrected chi connectivity index (χ3v) is 12.3. The fraction of sp³-hybridized carbons (Fsp3) is 0.0545. The number of hydrogen-bond acceptors (Lipinski definition) is 0. The second-order valence-electron chi connectivity index (χ2n) is 15.6. The molecule has 0 fully saturated rings. The zero-order valence-corrected chi connectivity index (χ0v) is 31.0. The Labute approximate surface area is 322 Å². The minimum absolute atomic E-state index is 0.0941. The zero-order chi connectivity index (χ0) is 36.7. The maximum Gasteiger partial charge on any atom is 0.0159 e. The lowest BCUT2D eigenvalue weighted by molar-refractivity contribution is 0.660. The molecule has 258 valence electrons. The molecule has 11 rings (SSSR count). The maximum atomic E-state index is 2.49. The van der Waals surface area contributed by atoms with Crippen molar-refractivity contribution < 1.29 is 0 Å². The van der Waals surface area contributed by atoms with Gasteiger partial charge in [-0.2, -0.15) is 0 Å². The van der Waals surface area contributed by atoms with Crippen LogP contribution in [0.25, 0.3) is 98.7 Å². The van der Waals surface area contributed by atoms with E-state index in [-0.39, 0.29) is 5.41 Å². The molecule has 0 unspecified atom stereocenters. The summed E-state index contributed by atoms with van der Waals surface area (Å²) in [5, 5.41) is 10.1. The highest BCUT2D eigenvalue weighted by atomic mass is 14.4. The summed E-state index contributed by atoms with van der Waals surface area (Å²) >= 11 is 0. The second-order valence-corrected chi connectivity index (χ2v) is 15.6. The summed E-state index contributed by atoms with van der Waals surface area (Å²) in [5.41, 5.74) is 15.4. The third-order valence-electron chi connectivity index (χ3n) is 12.3. The van der Waals surface area contributed by atoms with Crippen LogP contribution in [0.15, 0.2) is 194 Å². The highest BCUT2D eigenvalue weighted by Crippen LogP contribution is 2.52. The van der Waals surface area contributed by atoms with E-state index in [0.29, 0.717) is 0 Å². The highest BCUT2D eigenvalue weighted by molar-refractivity contribution is 6.24. The van der Waals surface area contributed by atoms with Gasteiger partial charge in [0.05, 0.1) is 0 Å². The number of rotatable bonds is 4. The van der Waals surface area contributed by atoms with Crippen molar-refractivity contribution in [2.45, 2.75) is 19.3 Å². The molecule has 0 saturated heterocycles. The van der Waals surface area contributed by atoms with E-state index >= 15 is 0 Å². The summed E-state index contributed by atoms with van der Waals surface area (Å²) in [5.74, 6) is 0. The lowest BCUT2D eigenvalue weighted by Gasteiger charge is -2.23. The van der Waals surface area contributed by atoms with E-state index in [1.165, 1.54) is 110 Å². The molecule has 0 aliphatic heterocycles. The van der Waals surface area contributed by atoms with E-state index in [4.69, 9.17) is 0 Å². The van der Waals surface area contributed by atoms with Gasteiger partial charge in [-0.1, -0.05) is 190 Å². The average molecular weight is 699 g/mol. The van der Waals surface area contributed by atoms with Gasteiger partial charge in [-0.15, -0.1) is 0 Å². The highest BCUT2D eigenvalue weighted by Gasteiger charge is 2.35. The molecular formula is C55H38. The van der Waals surface area contributed by atoms with Crippen LogP contribution in [0.3, 0.4) is 0 Å². The van der Waals surface area contributed by atoms with Gasteiger partial charge in [0.2, 0.25) is 0 Å². The van der Waals surface area contributed by atoms with Crippen molar-refractivity contribution in [3.63, 3.8) is 0 Å². The lowest BCUT2D eigenvalue weighted by Crippen LogP contribution is -2.14. The van der Waals surface area contributed by atoms with Crippen molar-refractivity contribution in [2.24, 2.45) is 0 Å². The van der Waals surface area contributed by atoms with Gasteiger partial charge in [0, 0.05) is 5.41 Å². The van der Waals surface area contributed by atoms with E-state index in [1.54, 1.807) is 0 Å². The molecule has 0 heteroatoms. The Balaban J connectivity index is 1.23. The Kier molecular flexibility index (Phi) is 7.00. The van der Waals surface area contributed by atoms with Crippen LogP contribution in [-0.4, -0.2) is 0 Å². The van der Waals surface area contributed by atoms with Crippen molar-refractivity contribution in [1.29, 1.82) is 0 Å². The maximum absolute atomic E-state index is 2.49. The summed E-state index contributed by atoms with van der Waals surface area (Å²) in [6, 6.07) is 72.3. The summed E-state index contributed by atoms with van der Waals surface area (Å²) in [6.07, 6.45) is 0. The molecule has 10 aromatic carbocycles. The lowest BCUT2D eigenvalue weighted by atomic mass is 9.80. The van der Waals surface area contributed by atoms with Crippen LogP contribution < -0.4 is 0 Å². The molecule has 55 heavy (non-hydrogen) atoms. The Morgan fingerprint density at radius 1 is 0.273 bits per heavy atom. The monoisotopic (exact) mass is 698 g/mol. The molecule has 0 radical (unpaired) electrons. The largest absolute Gasteiger partial charge is 0.0622 e. The molecule has 0 aromatic heterocycles. The first-order chi connectivity index (χ1) is 27.0. The number of hydrogen-bond donors (Lipinski definition) is 0. The Morgan fingerprint density at radius 2 is 0.818 bits per heavy atom. The van der Waals surface area contributed by atoms with Crippen molar-refractivity contribution >= 4 is 43.1 Å². The third kappa shape index (κ3) is 4.85. The van der Waals surface area contributed by atoms with Gasteiger partial charge in [-0.3, -0.25) is 0 Å². The smallest absolute Gasteiger partial charge is 0.0159 e. The molecule has 10 aromatic rings. The summed E-state index contributed by atoms with van der Waals surface area (Å²) < 4.78 is 0. The van der Waals surface area contributed by atoms with E-state index in [2.05, 4.69) is 208 Å². The number of fused-ring (bicyclic) bond motifs is 7. The number of benzene rings is 10. The molecule has 0 spiro atoms. The molecule has 0 N–H and O–H groups in total. The minimum Gasteiger partial charge on any atom is -0.0622 e. The van der Waals surface area contributed by atoms with Gasteiger partial charge in [0.25, 0.3) is 0 Å². The van der Waals surface area contributed by atoms with Gasteiger partial charge < -0.3 is 0 Å². The molecule has 0 atom stereocenters. The van der Waals surface area contributed by atoms with E-state index < -0.39 is 0 Å². The Hall–Kier alpha value is -6.76. The first-order valence-electron chi connectivity index (χ1n) is 19.3. The minimum atomic E-state index is -0.0941. The van der Waals surface area contributed by atoms with Gasteiger partial charge in [0.15, 0.2) is 0 Å². The Bertz CT molecular complexity index is 3160. The first-order valence-corrected chi connectivity index (χ1v) is 19.3. The van der Waals surface area contributed by atoms with Crippen LogP contribution in [0.4, 0.5) is 0 Å². The molecule has 0 saturated carbocycles. The SMILES string of the molecule is CC1(C)c2ccccc2-c2ccc(-c3c4ccccc4c(-c4ccc(-c5ccccc5)c5ccccc45)c4ccc(-c5ccc6ccccc6c5)cc34)cc21. The van der Waals surface area contributed by atoms with Crippen molar-refractivity contribution in [2.75, 3.05) is 0 Å². The summed E-state index contributed by atoms with van der Waals surface area (Å²) in [6.45, 7) is 4.76. The van der Waals surface area contributed by atoms with E-state index in [1.807, 2.05) is 0 Å². The molecule has 0 amide bonds. The van der Waals surface area contributed by atoms with Crippen molar-refractivity contribution in [1.82, 2.24) is 0 Å². The van der Waals surface area contributed by atoms with Gasteiger partial charge in [-0.25, -0.2) is 0 Å². The normalized spacial score (nSPS) is 13.1. The van der Waals surface area contributed by atoms with E-state index in [0.717, 1.165) is 0 Å². The molecular weight excluding hydrogens is 661 g/mol. The predicted octanol–water partition coefficient (Wildman–Crippen LogP) is 15.3. The van der Waals surface area contributed by atoms with Gasteiger partial charge in [0.1, 0.15) is 0 Å². The second kappa shape index (κ2) is 12.1. The van der Waals surface area contributed by atoms with Crippen LogP contribution in [-0.2, 0) is 5.41 Å². The van der Waals surface area contributed by atoms with Crippen LogP contribution >= 0.6 is 0 Å². The quantitative estimate of drug-likeness (QED) is 0.161. The van der Waals surface area contributed by atoms with Crippen LogP contribution in [0.2, 0.25) is 0 Å². The molecule has 0 nitrogen and oxygen atoms in total. The van der Waals surface area contributed by atoms with E-state index in [9.17, 15) is 0 Å². The zero-order valence-electron chi connectivity index (χ0n) is 31.0. The topological polar surface area (TPSA) is 0 Å². The predicted molar refractivity (Wildman–Crippen MR) is 236 cm³/mol. The average Bonchev–Trinajstić information content (AvgIpc) is 3.47. The van der Waals surface area contributed by atoms with Crippen LogP contribution in [0, 0.1) is 0 Å². The van der Waals surface area contributed by atoms with Crippen LogP contribution in [0.5, 0.6) is 0 Å². The fourth-order valence-corrected chi connectivity index (χ4v) is 9.57. The Morgan fingerprint density at radius 3 is 1.64 bits per heavy atom. The molecule has 0 heterocycles. The van der Waals surface area contributed by atoms with Crippen molar-refractivity contribution in [3.05, 3.63) is 205 Å². The fourth-order valence-electron chi connectivity index (χ4n) is 9.57. The standard InChI is InChI=1S/C55H38/c1-55(2)51-23-13-12-20-44(51)45-28-27-40(34-52(45)55)53-46-21-10-11-22-47(46)54(48-31-30-41(36-15-4-3-5-16-36)42-18-8-9-19-43(42)48)49-29-26-39(33-50(49)53)38-25-24-35-14-6-7-17-37(35)32-38/h3-34H,1-2H3. The van der Waals surface area contributed by atoms with Crippen molar-refractivity contribution in [3.8, 4) is 55.6 Å². The van der Waals surface area contributed by atoms with Gasteiger partial charge in [-0.05, 0) is 128 Å². The van der Waals surface area contributed by atoms with Crippen LogP contribution in [0.1, 0.15) is 25.0 Å². The molecule has 1 aliphatic rings. The first kappa shape index (κ1) is 31.7. The summed E-state index contributed by atoms with van der Waals surface area (Å²) in [4.78, 5) is 0. The molecule has 0 bridgehead atoms. The van der Waals surface area contributed by atoms with Gasteiger partial charge >= 0.3 is 0 Å². The molecule has 1 aliphatic carbocycles.